The summed E-state index contributed by atoms with van der Waals surface area (Å²) in [7, 11) is 1.63. The molecule has 0 saturated carbocycles. The van der Waals surface area contributed by atoms with E-state index in [1.54, 1.807) is 7.11 Å². The number of hydrogen-bond acceptors (Lipinski definition) is 6. The highest BCUT2D eigenvalue weighted by molar-refractivity contribution is 5.84. The fourth-order valence-electron chi connectivity index (χ4n) is 2.94. The average molecular weight is 343 g/mol. The Morgan fingerprint density at radius 3 is 2.80 bits per heavy atom. The lowest BCUT2D eigenvalue weighted by atomic mass is 10.1. The van der Waals surface area contributed by atoms with Crippen LogP contribution in [-0.2, 0) is 13.1 Å². The lowest BCUT2D eigenvalue weighted by Gasteiger charge is -2.29. The first-order valence-electron chi connectivity index (χ1n) is 7.99. The highest BCUT2D eigenvalue weighted by Gasteiger charge is 2.29. The second-order valence-corrected chi connectivity index (χ2v) is 6.68. The van der Waals surface area contributed by atoms with Crippen LogP contribution in [0, 0.1) is 0 Å². The third kappa shape index (κ3) is 4.06. The molecular formula is C18H21N3O4. The van der Waals surface area contributed by atoms with E-state index in [4.69, 9.17) is 14.6 Å². The van der Waals surface area contributed by atoms with Crippen molar-refractivity contribution < 1.29 is 19.4 Å². The highest BCUT2D eigenvalue weighted by Crippen LogP contribution is 2.32. The summed E-state index contributed by atoms with van der Waals surface area (Å²) in [5.41, 5.74) is 1.35. The number of aromatic carboxylic acids is 1. The van der Waals surface area contributed by atoms with E-state index in [0.29, 0.717) is 19.6 Å². The van der Waals surface area contributed by atoms with Gasteiger partial charge in [-0.1, -0.05) is 6.07 Å². The molecule has 3 rings (SSSR count). The van der Waals surface area contributed by atoms with E-state index in [-0.39, 0.29) is 11.3 Å². The van der Waals surface area contributed by atoms with Gasteiger partial charge in [0.05, 0.1) is 25.2 Å². The normalized spacial score (nSPS) is 16.4. The van der Waals surface area contributed by atoms with E-state index in [9.17, 15) is 4.79 Å². The van der Waals surface area contributed by atoms with Crippen LogP contribution in [0.3, 0.4) is 0 Å². The number of carbonyl (C=O) groups is 1. The summed E-state index contributed by atoms with van der Waals surface area (Å²) < 4.78 is 11.5. The van der Waals surface area contributed by atoms with Crippen LogP contribution >= 0.6 is 0 Å². The molecule has 1 aliphatic rings. The first-order valence-corrected chi connectivity index (χ1v) is 7.99. The molecule has 0 aliphatic carbocycles. The second-order valence-electron chi connectivity index (χ2n) is 6.68. The zero-order valence-electron chi connectivity index (χ0n) is 14.5. The molecule has 1 aliphatic heterocycles. The Bertz CT molecular complexity index is 774. The number of nitrogens with zero attached hydrogens (tertiary/aromatic N) is 3. The molecule has 0 radical (unpaired) electrons. The molecule has 132 valence electrons. The van der Waals surface area contributed by atoms with Crippen LogP contribution in [0.2, 0.25) is 0 Å². The minimum absolute atomic E-state index is 0.0549. The van der Waals surface area contributed by atoms with Crippen LogP contribution in [0.4, 0.5) is 0 Å². The zero-order chi connectivity index (χ0) is 18.0. The first kappa shape index (κ1) is 17.2. The molecule has 0 spiro atoms. The van der Waals surface area contributed by atoms with Crippen molar-refractivity contribution in [2.75, 3.05) is 13.7 Å². The summed E-state index contributed by atoms with van der Waals surface area (Å²) in [5, 5.41) is 8.92. The van der Waals surface area contributed by atoms with E-state index in [1.807, 2.05) is 32.0 Å². The maximum atomic E-state index is 10.9. The molecule has 7 nitrogen and oxygen atoms in total. The van der Waals surface area contributed by atoms with Crippen molar-refractivity contribution >= 4 is 5.97 Å². The van der Waals surface area contributed by atoms with Gasteiger partial charge in [-0.3, -0.25) is 9.88 Å². The molecule has 0 fully saturated rings. The van der Waals surface area contributed by atoms with Crippen molar-refractivity contribution in [3.05, 3.63) is 47.5 Å². The van der Waals surface area contributed by atoms with E-state index in [0.717, 1.165) is 22.8 Å². The van der Waals surface area contributed by atoms with Crippen LogP contribution in [0.1, 0.15) is 35.6 Å². The third-order valence-electron chi connectivity index (χ3n) is 3.97. The van der Waals surface area contributed by atoms with Gasteiger partial charge in [0.15, 0.2) is 5.69 Å². The summed E-state index contributed by atoms with van der Waals surface area (Å²) in [4.78, 5) is 21.2. The molecule has 25 heavy (non-hydrogen) atoms. The Balaban J connectivity index is 1.82. The van der Waals surface area contributed by atoms with Gasteiger partial charge in [-0.15, -0.1) is 0 Å². The Morgan fingerprint density at radius 1 is 1.36 bits per heavy atom. The van der Waals surface area contributed by atoms with Crippen LogP contribution < -0.4 is 9.47 Å². The number of rotatable bonds is 4. The summed E-state index contributed by atoms with van der Waals surface area (Å²) in [6.45, 7) is 6.03. The summed E-state index contributed by atoms with van der Waals surface area (Å²) in [6, 6.07) is 5.82. The molecule has 0 saturated heterocycles. The van der Waals surface area contributed by atoms with Gasteiger partial charge >= 0.3 is 5.97 Å². The van der Waals surface area contributed by atoms with Crippen molar-refractivity contribution in [2.24, 2.45) is 0 Å². The molecule has 7 heteroatoms. The smallest absolute Gasteiger partial charge is 0.356 e. The predicted octanol–water partition coefficient (Wildman–Crippen LogP) is 2.36. The Kier molecular flexibility index (Phi) is 4.59. The molecule has 1 aromatic heterocycles. The van der Waals surface area contributed by atoms with Crippen LogP contribution in [0.25, 0.3) is 0 Å². The number of hydrogen-bond donors (Lipinski definition) is 1. The van der Waals surface area contributed by atoms with E-state index in [2.05, 4.69) is 14.9 Å². The number of methoxy groups -OCH3 is 1. The average Bonchev–Trinajstić information content (AvgIpc) is 2.68. The summed E-state index contributed by atoms with van der Waals surface area (Å²) in [5.74, 6) is 0.503. The van der Waals surface area contributed by atoms with Crippen molar-refractivity contribution in [3.8, 4) is 11.5 Å². The van der Waals surface area contributed by atoms with Crippen molar-refractivity contribution in [1.29, 1.82) is 0 Å². The van der Waals surface area contributed by atoms with Gasteiger partial charge in [0, 0.05) is 31.3 Å². The number of benzene rings is 1. The van der Waals surface area contributed by atoms with Crippen LogP contribution in [0.15, 0.2) is 30.6 Å². The number of fused-ring (bicyclic) bond motifs is 1. The monoisotopic (exact) mass is 343 g/mol. The number of carboxylic acids is 1. The molecule has 0 amide bonds. The molecule has 1 N–H and O–H groups in total. The Hall–Kier alpha value is -2.67. The second kappa shape index (κ2) is 6.68. The van der Waals surface area contributed by atoms with Gasteiger partial charge in [-0.05, 0) is 19.9 Å². The van der Waals surface area contributed by atoms with E-state index >= 15 is 0 Å². The molecule has 1 aromatic carbocycles. The topological polar surface area (TPSA) is 84.8 Å². The predicted molar refractivity (Wildman–Crippen MR) is 90.8 cm³/mol. The minimum atomic E-state index is -1.08. The fraction of sp³-hybridized carbons (Fsp3) is 0.389. The molecule has 2 aromatic rings. The number of carboxylic acid groups (broad SMARTS) is 1. The molecule has 0 unspecified atom stereocenters. The lowest BCUT2D eigenvalue weighted by molar-refractivity contribution is 0.0676. The third-order valence-corrected chi connectivity index (χ3v) is 3.97. The number of ether oxygens (including phenoxy) is 2. The van der Waals surface area contributed by atoms with Gasteiger partial charge in [0.25, 0.3) is 0 Å². The van der Waals surface area contributed by atoms with Crippen LogP contribution in [-0.4, -0.2) is 45.2 Å². The number of aromatic nitrogens is 2. The van der Waals surface area contributed by atoms with Crippen molar-refractivity contribution in [2.45, 2.75) is 32.5 Å². The fourth-order valence-corrected chi connectivity index (χ4v) is 2.94. The van der Waals surface area contributed by atoms with Crippen LogP contribution in [0.5, 0.6) is 11.5 Å². The maximum Gasteiger partial charge on any atom is 0.356 e. The zero-order valence-corrected chi connectivity index (χ0v) is 14.5. The standard InChI is InChI=1S/C18H21N3O4/c1-18(2)11-21(10-13-7-20-15(8-19-13)17(22)23)9-12-4-5-14(24-3)6-16(12)25-18/h4-8H,9-11H2,1-3H3,(H,22,23). The highest BCUT2D eigenvalue weighted by atomic mass is 16.5. The maximum absolute atomic E-state index is 10.9. The largest absolute Gasteiger partial charge is 0.497 e. The summed E-state index contributed by atoms with van der Waals surface area (Å²) >= 11 is 0. The van der Waals surface area contributed by atoms with Gasteiger partial charge in [-0.25, -0.2) is 9.78 Å². The minimum Gasteiger partial charge on any atom is -0.497 e. The molecule has 0 atom stereocenters. The summed E-state index contributed by atoms with van der Waals surface area (Å²) in [6.07, 6.45) is 2.80. The van der Waals surface area contributed by atoms with Crippen molar-refractivity contribution in [3.63, 3.8) is 0 Å². The van der Waals surface area contributed by atoms with E-state index in [1.165, 1.54) is 12.4 Å². The Morgan fingerprint density at radius 2 is 2.16 bits per heavy atom. The molecule has 2 heterocycles. The SMILES string of the molecule is COc1ccc2c(c1)OC(C)(C)CN(Cc1cnc(C(=O)O)cn1)C2. The van der Waals surface area contributed by atoms with Gasteiger partial charge in [-0.2, -0.15) is 0 Å². The van der Waals surface area contributed by atoms with E-state index < -0.39 is 5.97 Å². The first-order chi connectivity index (χ1) is 11.9. The lowest BCUT2D eigenvalue weighted by Crippen LogP contribution is -2.40. The molecular weight excluding hydrogens is 322 g/mol. The molecule has 0 bridgehead atoms. The Labute approximate surface area is 146 Å². The van der Waals surface area contributed by atoms with Crippen molar-refractivity contribution in [1.82, 2.24) is 14.9 Å². The van der Waals surface area contributed by atoms with Gasteiger partial charge in [0.2, 0.25) is 0 Å². The van der Waals surface area contributed by atoms with Gasteiger partial charge < -0.3 is 14.6 Å². The quantitative estimate of drug-likeness (QED) is 0.912. The van der Waals surface area contributed by atoms with Gasteiger partial charge in [0.1, 0.15) is 17.1 Å².